The van der Waals surface area contributed by atoms with Crippen LogP contribution in [0.3, 0.4) is 0 Å². The Labute approximate surface area is 121 Å². The molecule has 0 saturated carbocycles. The number of benzene rings is 1. The zero-order valence-corrected chi connectivity index (χ0v) is 12.2. The fourth-order valence-corrected chi connectivity index (χ4v) is 2.49. The molecule has 20 heavy (non-hydrogen) atoms. The normalized spacial score (nSPS) is 17.6. The van der Waals surface area contributed by atoms with Crippen molar-refractivity contribution in [3.05, 3.63) is 35.9 Å². The molecule has 0 bridgehead atoms. The summed E-state index contributed by atoms with van der Waals surface area (Å²) in [6.45, 7) is 6.06. The first-order valence-corrected chi connectivity index (χ1v) is 7.48. The van der Waals surface area contributed by atoms with E-state index in [1.54, 1.807) is 0 Å². The molecule has 0 unspecified atom stereocenters. The summed E-state index contributed by atoms with van der Waals surface area (Å²) in [5.41, 5.74) is 1.33. The van der Waals surface area contributed by atoms with E-state index in [2.05, 4.69) is 36.5 Å². The molecular weight excluding hydrogens is 252 g/mol. The molecule has 1 heterocycles. The van der Waals surface area contributed by atoms with Crippen LogP contribution in [0.2, 0.25) is 0 Å². The van der Waals surface area contributed by atoms with E-state index >= 15 is 0 Å². The summed E-state index contributed by atoms with van der Waals surface area (Å²) >= 11 is 0. The summed E-state index contributed by atoms with van der Waals surface area (Å²) < 4.78 is 5.30. The monoisotopic (exact) mass is 277 g/mol. The molecule has 1 fully saturated rings. The number of aryl methyl sites for hydroxylation is 1. The number of hydrogen-bond acceptors (Lipinski definition) is 2. The lowest BCUT2D eigenvalue weighted by molar-refractivity contribution is -0.900. The van der Waals surface area contributed by atoms with Crippen molar-refractivity contribution in [2.45, 2.75) is 25.8 Å². The minimum atomic E-state index is 0.155. The summed E-state index contributed by atoms with van der Waals surface area (Å²) in [5.74, 6) is 0.155. The summed E-state index contributed by atoms with van der Waals surface area (Å²) in [7, 11) is 0. The zero-order valence-electron chi connectivity index (χ0n) is 12.2. The molecule has 4 heteroatoms. The van der Waals surface area contributed by atoms with Crippen molar-refractivity contribution in [1.82, 2.24) is 5.32 Å². The van der Waals surface area contributed by atoms with Gasteiger partial charge >= 0.3 is 0 Å². The summed E-state index contributed by atoms with van der Waals surface area (Å²) in [6.07, 6.45) is 1.99. The van der Waals surface area contributed by atoms with E-state index in [1.807, 2.05) is 6.07 Å². The Balaban J connectivity index is 1.65. The van der Waals surface area contributed by atoms with E-state index in [9.17, 15) is 4.79 Å². The third kappa shape index (κ3) is 5.31. The van der Waals surface area contributed by atoms with E-state index in [4.69, 9.17) is 4.74 Å². The minimum Gasteiger partial charge on any atom is -0.370 e. The maximum Gasteiger partial charge on any atom is 0.275 e. The Bertz CT molecular complexity index is 402. The Kier molecular flexibility index (Phi) is 6.02. The fourth-order valence-electron chi connectivity index (χ4n) is 2.49. The van der Waals surface area contributed by atoms with Crippen LogP contribution >= 0.6 is 0 Å². The van der Waals surface area contributed by atoms with Gasteiger partial charge in [0, 0.05) is 6.04 Å². The molecule has 2 N–H and O–H groups in total. The molecule has 110 valence electrons. The van der Waals surface area contributed by atoms with Crippen LogP contribution in [0.15, 0.2) is 30.3 Å². The number of hydrogen-bond donors (Lipinski definition) is 2. The van der Waals surface area contributed by atoms with Gasteiger partial charge in [0.15, 0.2) is 6.54 Å². The lowest BCUT2D eigenvalue weighted by Crippen LogP contribution is -3.15. The van der Waals surface area contributed by atoms with Crippen molar-refractivity contribution in [3.8, 4) is 0 Å². The molecule has 1 aromatic carbocycles. The molecule has 1 aromatic rings. The molecule has 2 rings (SSSR count). The lowest BCUT2D eigenvalue weighted by Gasteiger charge is -2.24. The highest BCUT2D eigenvalue weighted by Gasteiger charge is 2.18. The standard InChI is InChI=1S/C16H24N2O2/c1-14(7-8-15-5-3-2-4-6-15)17-16(19)13-18-9-11-20-12-10-18/h2-6,14H,7-13H2,1H3,(H,17,19)/p+1/t14-/m0/s1. The van der Waals surface area contributed by atoms with Crippen LogP contribution in [0, 0.1) is 0 Å². The lowest BCUT2D eigenvalue weighted by atomic mass is 10.1. The Morgan fingerprint density at radius 2 is 2.00 bits per heavy atom. The summed E-state index contributed by atoms with van der Waals surface area (Å²) in [4.78, 5) is 13.3. The van der Waals surface area contributed by atoms with Gasteiger partial charge in [0.2, 0.25) is 0 Å². The summed E-state index contributed by atoms with van der Waals surface area (Å²) in [5, 5.41) is 3.10. The third-order valence-electron chi connectivity index (χ3n) is 3.73. The number of amides is 1. The summed E-state index contributed by atoms with van der Waals surface area (Å²) in [6, 6.07) is 10.6. The maximum atomic E-state index is 12.0. The number of morpholine rings is 1. The van der Waals surface area contributed by atoms with Gasteiger partial charge in [-0.15, -0.1) is 0 Å². The van der Waals surface area contributed by atoms with Gasteiger partial charge in [-0.2, -0.15) is 0 Å². The van der Waals surface area contributed by atoms with Crippen LogP contribution in [0.1, 0.15) is 18.9 Å². The smallest absolute Gasteiger partial charge is 0.275 e. The maximum absolute atomic E-state index is 12.0. The molecular formula is C16H25N2O2+. The van der Waals surface area contributed by atoms with Crippen molar-refractivity contribution >= 4 is 5.91 Å². The van der Waals surface area contributed by atoms with Gasteiger partial charge < -0.3 is 15.0 Å². The molecule has 1 aliphatic heterocycles. The second kappa shape index (κ2) is 8.02. The second-order valence-corrected chi connectivity index (χ2v) is 5.53. The van der Waals surface area contributed by atoms with Gasteiger partial charge in [-0.1, -0.05) is 30.3 Å². The van der Waals surface area contributed by atoms with Crippen LogP contribution in [-0.2, 0) is 16.0 Å². The second-order valence-electron chi connectivity index (χ2n) is 5.53. The zero-order chi connectivity index (χ0) is 14.2. The molecule has 1 atom stereocenters. The SMILES string of the molecule is C[C@@H](CCc1ccccc1)NC(=O)C[NH+]1CCOCC1. The van der Waals surface area contributed by atoms with E-state index in [1.165, 1.54) is 10.5 Å². The average Bonchev–Trinajstić information content (AvgIpc) is 2.47. The molecule has 0 radical (unpaired) electrons. The molecule has 0 spiro atoms. The first kappa shape index (κ1) is 15.0. The molecule has 0 aliphatic carbocycles. The number of nitrogens with one attached hydrogen (secondary N) is 2. The Morgan fingerprint density at radius 3 is 2.70 bits per heavy atom. The Hall–Kier alpha value is -1.39. The third-order valence-corrected chi connectivity index (χ3v) is 3.73. The molecule has 1 aliphatic rings. The number of carbonyl (C=O) groups excluding carboxylic acids is 1. The van der Waals surface area contributed by atoms with Gasteiger partial charge in [-0.25, -0.2) is 0 Å². The minimum absolute atomic E-state index is 0.155. The van der Waals surface area contributed by atoms with Gasteiger partial charge in [0.25, 0.3) is 5.91 Å². The van der Waals surface area contributed by atoms with E-state index in [0.29, 0.717) is 6.54 Å². The highest BCUT2D eigenvalue weighted by Crippen LogP contribution is 2.04. The van der Waals surface area contributed by atoms with Gasteiger partial charge in [-0.3, -0.25) is 4.79 Å². The van der Waals surface area contributed by atoms with E-state index in [0.717, 1.165) is 39.1 Å². The van der Waals surface area contributed by atoms with Crippen LogP contribution in [0.25, 0.3) is 0 Å². The highest BCUT2D eigenvalue weighted by molar-refractivity contribution is 5.77. The topological polar surface area (TPSA) is 42.8 Å². The number of ether oxygens (including phenoxy) is 1. The molecule has 4 nitrogen and oxygen atoms in total. The van der Waals surface area contributed by atoms with Gasteiger partial charge in [-0.05, 0) is 25.3 Å². The van der Waals surface area contributed by atoms with Crippen LogP contribution in [0.4, 0.5) is 0 Å². The Morgan fingerprint density at radius 1 is 1.30 bits per heavy atom. The van der Waals surface area contributed by atoms with Crippen molar-refractivity contribution in [3.63, 3.8) is 0 Å². The number of carbonyl (C=O) groups is 1. The van der Waals surface area contributed by atoms with Crippen LogP contribution in [-0.4, -0.2) is 44.8 Å². The van der Waals surface area contributed by atoms with Crippen molar-refractivity contribution in [1.29, 1.82) is 0 Å². The van der Waals surface area contributed by atoms with E-state index in [-0.39, 0.29) is 11.9 Å². The van der Waals surface area contributed by atoms with Crippen LogP contribution < -0.4 is 10.2 Å². The van der Waals surface area contributed by atoms with Crippen molar-refractivity contribution < 1.29 is 14.4 Å². The quantitative estimate of drug-likeness (QED) is 0.771. The predicted molar refractivity (Wildman–Crippen MR) is 78.8 cm³/mol. The van der Waals surface area contributed by atoms with E-state index < -0.39 is 0 Å². The van der Waals surface area contributed by atoms with Crippen molar-refractivity contribution in [2.24, 2.45) is 0 Å². The number of rotatable bonds is 6. The van der Waals surface area contributed by atoms with Crippen LogP contribution in [0.5, 0.6) is 0 Å². The average molecular weight is 277 g/mol. The molecule has 1 saturated heterocycles. The number of quaternary nitrogens is 1. The van der Waals surface area contributed by atoms with Gasteiger partial charge in [0.05, 0.1) is 13.2 Å². The molecule has 1 amide bonds. The first-order chi connectivity index (χ1) is 9.74. The first-order valence-electron chi connectivity index (χ1n) is 7.48. The highest BCUT2D eigenvalue weighted by atomic mass is 16.5. The largest absolute Gasteiger partial charge is 0.370 e. The molecule has 0 aromatic heterocycles. The predicted octanol–water partition coefficient (Wildman–Crippen LogP) is 0.0390. The fraction of sp³-hybridized carbons (Fsp3) is 0.562. The van der Waals surface area contributed by atoms with Gasteiger partial charge in [0.1, 0.15) is 13.1 Å². The van der Waals surface area contributed by atoms with Crippen molar-refractivity contribution in [2.75, 3.05) is 32.8 Å².